The first-order chi connectivity index (χ1) is 8.22. The minimum Gasteiger partial charge on any atom is -0.314 e. The van der Waals surface area contributed by atoms with Gasteiger partial charge >= 0.3 is 0 Å². The molecule has 0 saturated carbocycles. The molecule has 5 heteroatoms. The van der Waals surface area contributed by atoms with E-state index >= 15 is 0 Å². The van der Waals surface area contributed by atoms with Crippen molar-refractivity contribution >= 4 is 24.0 Å². The Labute approximate surface area is 118 Å². The molecule has 18 heavy (non-hydrogen) atoms. The maximum atomic E-state index is 13.4. The van der Waals surface area contributed by atoms with Crippen molar-refractivity contribution in [2.45, 2.75) is 6.04 Å². The highest BCUT2D eigenvalue weighted by molar-refractivity contribution is 6.30. The Balaban J connectivity index is 0.00000162. The molecule has 1 aromatic carbocycles. The van der Waals surface area contributed by atoms with Crippen LogP contribution in [-0.2, 0) is 0 Å². The van der Waals surface area contributed by atoms with Gasteiger partial charge in [-0.2, -0.15) is 0 Å². The summed E-state index contributed by atoms with van der Waals surface area (Å²) < 4.78 is 13.4. The van der Waals surface area contributed by atoms with Gasteiger partial charge in [-0.05, 0) is 17.7 Å². The van der Waals surface area contributed by atoms with Gasteiger partial charge in [0.2, 0.25) is 0 Å². The molecule has 1 N–H and O–H groups in total. The molecule has 0 aromatic heterocycles. The lowest BCUT2D eigenvalue weighted by atomic mass is 10.0. The summed E-state index contributed by atoms with van der Waals surface area (Å²) in [6, 6.07) is 5.02. The van der Waals surface area contributed by atoms with Gasteiger partial charge in [0.1, 0.15) is 5.82 Å². The van der Waals surface area contributed by atoms with Crippen LogP contribution in [0.25, 0.3) is 0 Å². The van der Waals surface area contributed by atoms with Gasteiger partial charge in [-0.3, -0.25) is 4.90 Å². The molecule has 0 spiro atoms. The summed E-state index contributed by atoms with van der Waals surface area (Å²) in [5.41, 5.74) is 0.906. The molecule has 1 atom stereocenters. The van der Waals surface area contributed by atoms with E-state index in [1.165, 1.54) is 6.07 Å². The number of nitrogens with zero attached hydrogens (tertiary/aromatic N) is 1. The van der Waals surface area contributed by atoms with Crippen LogP contribution in [0.5, 0.6) is 0 Å². The Kier molecular flexibility index (Phi) is 6.09. The standard InChI is InChI=1S/C13H16ClFN2.ClH/c1-2-13(17-7-5-16-6-8-17)10-3-4-11(14)12(15)9-10;/h2-4,9,13,16H,1,5-8H2;1H/t13-;/m0./s1. The zero-order valence-electron chi connectivity index (χ0n) is 10.0. The van der Waals surface area contributed by atoms with Crippen LogP contribution in [0.15, 0.2) is 30.9 Å². The van der Waals surface area contributed by atoms with Crippen molar-refractivity contribution in [1.29, 1.82) is 0 Å². The Morgan fingerprint density at radius 1 is 1.39 bits per heavy atom. The molecule has 100 valence electrons. The van der Waals surface area contributed by atoms with Crippen LogP contribution >= 0.6 is 24.0 Å². The molecule has 1 aliphatic heterocycles. The summed E-state index contributed by atoms with van der Waals surface area (Å²) in [5.74, 6) is -0.369. The van der Waals surface area contributed by atoms with E-state index in [9.17, 15) is 4.39 Å². The lowest BCUT2D eigenvalue weighted by Crippen LogP contribution is -2.44. The molecule has 0 bridgehead atoms. The number of benzene rings is 1. The third kappa shape index (κ3) is 3.45. The van der Waals surface area contributed by atoms with Crippen molar-refractivity contribution in [3.8, 4) is 0 Å². The highest BCUT2D eigenvalue weighted by Crippen LogP contribution is 2.25. The van der Waals surface area contributed by atoms with Gasteiger partial charge in [0.15, 0.2) is 0 Å². The van der Waals surface area contributed by atoms with Gasteiger partial charge in [-0.15, -0.1) is 19.0 Å². The number of piperazine rings is 1. The second-order valence-corrected chi connectivity index (χ2v) is 4.55. The summed E-state index contributed by atoms with van der Waals surface area (Å²) in [7, 11) is 0. The van der Waals surface area contributed by atoms with Gasteiger partial charge in [0, 0.05) is 26.2 Å². The largest absolute Gasteiger partial charge is 0.314 e. The number of rotatable bonds is 3. The highest BCUT2D eigenvalue weighted by atomic mass is 35.5. The van der Waals surface area contributed by atoms with Gasteiger partial charge in [-0.25, -0.2) is 4.39 Å². The Morgan fingerprint density at radius 2 is 2.06 bits per heavy atom. The third-order valence-electron chi connectivity index (χ3n) is 3.05. The molecular weight excluding hydrogens is 274 g/mol. The number of halogens is 3. The SMILES string of the molecule is C=C[C@@H](c1ccc(Cl)c(F)c1)N1CCNCC1.Cl. The molecule has 2 nitrogen and oxygen atoms in total. The van der Waals surface area contributed by atoms with Crippen LogP contribution in [0, 0.1) is 5.82 Å². The van der Waals surface area contributed by atoms with E-state index in [1.54, 1.807) is 6.07 Å². The molecule has 1 saturated heterocycles. The molecule has 0 radical (unpaired) electrons. The van der Waals surface area contributed by atoms with Crippen LogP contribution in [-0.4, -0.2) is 31.1 Å². The normalized spacial score (nSPS) is 17.9. The Bertz CT molecular complexity index is 406. The zero-order valence-corrected chi connectivity index (χ0v) is 11.6. The van der Waals surface area contributed by atoms with E-state index in [-0.39, 0.29) is 29.3 Å². The van der Waals surface area contributed by atoms with E-state index in [0.717, 1.165) is 31.7 Å². The average molecular weight is 291 g/mol. The summed E-state index contributed by atoms with van der Waals surface area (Å²) in [5, 5.41) is 3.46. The first-order valence-corrected chi connectivity index (χ1v) is 6.12. The molecule has 0 aliphatic carbocycles. The van der Waals surface area contributed by atoms with Crippen LogP contribution in [0.3, 0.4) is 0 Å². The van der Waals surface area contributed by atoms with Crippen LogP contribution in [0.2, 0.25) is 5.02 Å². The fraction of sp³-hybridized carbons (Fsp3) is 0.385. The molecule has 2 rings (SSSR count). The second kappa shape index (κ2) is 7.10. The lowest BCUT2D eigenvalue weighted by Gasteiger charge is -2.33. The average Bonchev–Trinajstić information content (AvgIpc) is 2.36. The quantitative estimate of drug-likeness (QED) is 0.861. The summed E-state index contributed by atoms with van der Waals surface area (Å²) in [6.45, 7) is 7.66. The van der Waals surface area contributed by atoms with E-state index in [4.69, 9.17) is 11.6 Å². The van der Waals surface area contributed by atoms with Gasteiger partial charge in [-0.1, -0.05) is 23.7 Å². The summed E-state index contributed by atoms with van der Waals surface area (Å²) >= 11 is 5.69. The Morgan fingerprint density at radius 3 is 2.61 bits per heavy atom. The van der Waals surface area contributed by atoms with Crippen LogP contribution < -0.4 is 5.32 Å². The van der Waals surface area contributed by atoms with E-state index < -0.39 is 0 Å². The molecule has 0 unspecified atom stereocenters. The number of hydrogen-bond acceptors (Lipinski definition) is 2. The van der Waals surface area contributed by atoms with Crippen molar-refractivity contribution in [2.24, 2.45) is 0 Å². The molecule has 1 aliphatic rings. The highest BCUT2D eigenvalue weighted by Gasteiger charge is 2.20. The molecular formula is C13H17Cl2FN2. The summed E-state index contributed by atoms with van der Waals surface area (Å²) in [4.78, 5) is 2.28. The first-order valence-electron chi connectivity index (χ1n) is 5.74. The van der Waals surface area contributed by atoms with Crippen molar-refractivity contribution in [1.82, 2.24) is 10.2 Å². The minimum atomic E-state index is -0.369. The molecule has 1 aromatic rings. The van der Waals surface area contributed by atoms with Gasteiger partial charge < -0.3 is 5.32 Å². The smallest absolute Gasteiger partial charge is 0.142 e. The second-order valence-electron chi connectivity index (χ2n) is 4.14. The summed E-state index contributed by atoms with van der Waals surface area (Å²) in [6.07, 6.45) is 1.86. The van der Waals surface area contributed by atoms with E-state index in [2.05, 4.69) is 16.8 Å². The molecule has 1 fully saturated rings. The fourth-order valence-electron chi connectivity index (χ4n) is 2.15. The maximum absolute atomic E-state index is 13.4. The lowest BCUT2D eigenvalue weighted by molar-refractivity contribution is 0.203. The maximum Gasteiger partial charge on any atom is 0.142 e. The first kappa shape index (κ1) is 15.4. The van der Waals surface area contributed by atoms with Gasteiger partial charge in [0.25, 0.3) is 0 Å². The van der Waals surface area contributed by atoms with E-state index in [1.807, 2.05) is 12.1 Å². The van der Waals surface area contributed by atoms with Crippen molar-refractivity contribution in [3.63, 3.8) is 0 Å². The molecule has 1 heterocycles. The predicted molar refractivity (Wildman–Crippen MR) is 76.0 cm³/mol. The van der Waals surface area contributed by atoms with E-state index in [0.29, 0.717) is 0 Å². The zero-order chi connectivity index (χ0) is 12.3. The van der Waals surface area contributed by atoms with Crippen molar-refractivity contribution in [3.05, 3.63) is 47.3 Å². The van der Waals surface area contributed by atoms with Crippen LogP contribution in [0.1, 0.15) is 11.6 Å². The fourth-order valence-corrected chi connectivity index (χ4v) is 2.27. The van der Waals surface area contributed by atoms with Gasteiger partial charge in [0.05, 0.1) is 11.1 Å². The van der Waals surface area contributed by atoms with Crippen molar-refractivity contribution in [2.75, 3.05) is 26.2 Å². The Hall–Kier alpha value is -0.610. The number of nitrogens with one attached hydrogen (secondary N) is 1. The molecule has 0 amide bonds. The third-order valence-corrected chi connectivity index (χ3v) is 3.36. The monoisotopic (exact) mass is 290 g/mol. The minimum absolute atomic E-state index is 0. The number of hydrogen-bond donors (Lipinski definition) is 1. The predicted octanol–water partition coefficient (Wildman–Crippen LogP) is 3.03. The topological polar surface area (TPSA) is 15.3 Å². The van der Waals surface area contributed by atoms with Crippen LogP contribution in [0.4, 0.5) is 4.39 Å². The van der Waals surface area contributed by atoms with Crippen molar-refractivity contribution < 1.29 is 4.39 Å².